The van der Waals surface area contributed by atoms with E-state index in [1.165, 1.54) is 6.92 Å². The summed E-state index contributed by atoms with van der Waals surface area (Å²) in [6, 6.07) is -0.904. The maximum Gasteiger partial charge on any atom is 0.405 e. The zero-order chi connectivity index (χ0) is 14.3. The lowest BCUT2D eigenvalue weighted by atomic mass is 10.3. The Morgan fingerprint density at radius 1 is 1.17 bits per heavy atom. The van der Waals surface area contributed by atoms with Gasteiger partial charge in [0.2, 0.25) is 11.8 Å². The molecule has 8 heteroatoms. The van der Waals surface area contributed by atoms with Crippen LogP contribution in [0.25, 0.3) is 0 Å². The Morgan fingerprint density at radius 2 is 1.72 bits per heavy atom. The van der Waals surface area contributed by atoms with Gasteiger partial charge in [-0.3, -0.25) is 14.9 Å². The highest BCUT2D eigenvalue weighted by Crippen LogP contribution is 2.12. The molecule has 0 radical (unpaired) electrons. The second-order valence-electron chi connectivity index (χ2n) is 4.16. The largest absolute Gasteiger partial charge is 0.405 e. The lowest BCUT2D eigenvalue weighted by molar-refractivity contribution is -0.139. The molecule has 5 nitrogen and oxygen atoms in total. The molecule has 1 atom stereocenters. The molecule has 0 saturated heterocycles. The fourth-order valence-corrected chi connectivity index (χ4v) is 1.05. The molecule has 0 spiro atoms. The van der Waals surface area contributed by atoms with Gasteiger partial charge in [-0.25, -0.2) is 0 Å². The van der Waals surface area contributed by atoms with E-state index < -0.39 is 24.7 Å². The van der Waals surface area contributed by atoms with Gasteiger partial charge in [-0.15, -0.1) is 0 Å². The predicted octanol–water partition coefficient (Wildman–Crippen LogP) is 0.168. The van der Waals surface area contributed by atoms with E-state index >= 15 is 0 Å². The van der Waals surface area contributed by atoms with Crippen LogP contribution in [0.5, 0.6) is 0 Å². The maximum absolute atomic E-state index is 11.8. The number of amides is 2. The third kappa shape index (κ3) is 8.80. The zero-order valence-electron chi connectivity index (χ0n) is 10.5. The van der Waals surface area contributed by atoms with Crippen molar-refractivity contribution in [2.75, 3.05) is 13.1 Å². The van der Waals surface area contributed by atoms with Gasteiger partial charge in [0.05, 0.1) is 12.6 Å². The summed E-state index contributed by atoms with van der Waals surface area (Å²) in [6.45, 7) is 3.43. The number of hydrogen-bond acceptors (Lipinski definition) is 3. The van der Waals surface area contributed by atoms with Crippen molar-refractivity contribution in [2.24, 2.45) is 0 Å². The minimum absolute atomic E-state index is 0.0336. The summed E-state index contributed by atoms with van der Waals surface area (Å²) in [4.78, 5) is 22.4. The minimum atomic E-state index is -4.44. The molecule has 0 heterocycles. The third-order valence-corrected chi connectivity index (χ3v) is 1.87. The molecular weight excluding hydrogens is 251 g/mol. The molecule has 0 aromatic rings. The van der Waals surface area contributed by atoms with Crippen LogP contribution in [0, 0.1) is 0 Å². The van der Waals surface area contributed by atoms with E-state index in [4.69, 9.17) is 0 Å². The van der Waals surface area contributed by atoms with Crippen LogP contribution in [0.15, 0.2) is 0 Å². The van der Waals surface area contributed by atoms with Crippen molar-refractivity contribution < 1.29 is 22.8 Å². The summed E-state index contributed by atoms with van der Waals surface area (Å²) in [5, 5.41) is 6.84. The van der Waals surface area contributed by atoms with Crippen molar-refractivity contribution in [2.45, 2.75) is 39.0 Å². The number of nitrogens with one attached hydrogen (secondary N) is 3. The average Bonchev–Trinajstić information content (AvgIpc) is 2.20. The van der Waals surface area contributed by atoms with Gasteiger partial charge < -0.3 is 10.6 Å². The Labute approximate surface area is 103 Å². The topological polar surface area (TPSA) is 70.2 Å². The summed E-state index contributed by atoms with van der Waals surface area (Å²) in [6.07, 6.45) is -4.44. The highest BCUT2D eigenvalue weighted by Gasteiger charge is 2.28. The first-order valence-corrected chi connectivity index (χ1v) is 5.49. The molecule has 0 rings (SSSR count). The standard InChI is InChI=1S/C10H18F3N3O2/c1-6(2)16-8(17)4-14-7(3)9(18)15-5-10(11,12)13/h6-7,14H,4-5H2,1-3H3,(H,15,18)(H,16,17). The normalized spacial score (nSPS) is 13.3. The van der Waals surface area contributed by atoms with Crippen LogP contribution < -0.4 is 16.0 Å². The van der Waals surface area contributed by atoms with Crippen LogP contribution in [0.1, 0.15) is 20.8 Å². The SMILES string of the molecule is CC(C)NC(=O)CNC(C)C(=O)NCC(F)(F)F. The van der Waals surface area contributed by atoms with E-state index in [1.807, 2.05) is 0 Å². The van der Waals surface area contributed by atoms with E-state index in [1.54, 1.807) is 19.2 Å². The van der Waals surface area contributed by atoms with Gasteiger partial charge in [0.15, 0.2) is 0 Å². The summed E-state index contributed by atoms with van der Waals surface area (Å²) >= 11 is 0. The van der Waals surface area contributed by atoms with Crippen LogP contribution in [0.2, 0.25) is 0 Å². The van der Waals surface area contributed by atoms with Gasteiger partial charge in [0.1, 0.15) is 6.54 Å². The minimum Gasteiger partial charge on any atom is -0.353 e. The number of carbonyl (C=O) groups excluding carboxylic acids is 2. The fourth-order valence-electron chi connectivity index (χ4n) is 1.05. The molecule has 0 aromatic carbocycles. The Balaban J connectivity index is 3.91. The lowest BCUT2D eigenvalue weighted by Gasteiger charge is -2.15. The van der Waals surface area contributed by atoms with Crippen molar-refractivity contribution in [3.63, 3.8) is 0 Å². The van der Waals surface area contributed by atoms with Crippen molar-refractivity contribution in [3.05, 3.63) is 0 Å². The molecule has 2 amide bonds. The van der Waals surface area contributed by atoms with Crippen LogP contribution in [0.4, 0.5) is 13.2 Å². The maximum atomic E-state index is 11.8. The summed E-state index contributed by atoms with van der Waals surface area (Å²) in [7, 11) is 0. The molecule has 106 valence electrons. The zero-order valence-corrected chi connectivity index (χ0v) is 10.5. The predicted molar refractivity (Wildman–Crippen MR) is 59.8 cm³/mol. The van der Waals surface area contributed by atoms with Gasteiger partial charge in [0, 0.05) is 6.04 Å². The van der Waals surface area contributed by atoms with E-state index in [0.29, 0.717) is 0 Å². The quantitative estimate of drug-likeness (QED) is 0.643. The highest BCUT2D eigenvalue weighted by atomic mass is 19.4. The van der Waals surface area contributed by atoms with Gasteiger partial charge in [-0.2, -0.15) is 13.2 Å². The molecule has 0 saturated carbocycles. The number of rotatable bonds is 6. The van der Waals surface area contributed by atoms with Crippen LogP contribution in [-0.4, -0.2) is 43.2 Å². The molecule has 0 fully saturated rings. The smallest absolute Gasteiger partial charge is 0.353 e. The van der Waals surface area contributed by atoms with Crippen molar-refractivity contribution in [3.8, 4) is 0 Å². The van der Waals surface area contributed by atoms with E-state index in [9.17, 15) is 22.8 Å². The Bertz CT molecular complexity index is 293. The molecule has 0 bridgehead atoms. The summed E-state index contributed by atoms with van der Waals surface area (Å²) in [5.74, 6) is -1.12. The number of alkyl halides is 3. The average molecular weight is 269 g/mol. The highest BCUT2D eigenvalue weighted by molar-refractivity contribution is 5.83. The number of carbonyl (C=O) groups is 2. The molecule has 0 aliphatic carbocycles. The van der Waals surface area contributed by atoms with Crippen molar-refractivity contribution in [1.29, 1.82) is 0 Å². The summed E-state index contributed by atoms with van der Waals surface area (Å²) < 4.78 is 35.5. The molecule has 0 aliphatic rings. The monoisotopic (exact) mass is 269 g/mol. The van der Waals surface area contributed by atoms with Gasteiger partial charge in [-0.05, 0) is 20.8 Å². The fraction of sp³-hybridized carbons (Fsp3) is 0.800. The second kappa shape index (κ2) is 7.20. The first-order valence-electron chi connectivity index (χ1n) is 5.49. The molecule has 0 aliphatic heterocycles. The van der Waals surface area contributed by atoms with E-state index in [0.717, 1.165) is 0 Å². The molecule has 18 heavy (non-hydrogen) atoms. The van der Waals surface area contributed by atoms with Gasteiger partial charge in [0.25, 0.3) is 0 Å². The summed E-state index contributed by atoms with van der Waals surface area (Å²) in [5.41, 5.74) is 0. The van der Waals surface area contributed by atoms with E-state index in [-0.39, 0.29) is 18.5 Å². The number of halogens is 3. The Kier molecular flexibility index (Phi) is 6.67. The first-order chi connectivity index (χ1) is 8.11. The van der Waals surface area contributed by atoms with Crippen LogP contribution in [0.3, 0.4) is 0 Å². The molecule has 0 aromatic heterocycles. The molecule has 3 N–H and O–H groups in total. The van der Waals surface area contributed by atoms with Gasteiger partial charge in [-0.1, -0.05) is 0 Å². The molecule has 1 unspecified atom stereocenters. The molecular formula is C10H18F3N3O2. The van der Waals surface area contributed by atoms with Crippen LogP contribution in [-0.2, 0) is 9.59 Å². The van der Waals surface area contributed by atoms with Crippen molar-refractivity contribution >= 4 is 11.8 Å². The Hall–Kier alpha value is -1.31. The first kappa shape index (κ1) is 16.7. The second-order valence-corrected chi connectivity index (χ2v) is 4.16. The van der Waals surface area contributed by atoms with E-state index in [2.05, 4.69) is 10.6 Å². The third-order valence-electron chi connectivity index (χ3n) is 1.87. The lowest BCUT2D eigenvalue weighted by Crippen LogP contribution is -2.48. The number of hydrogen-bond donors (Lipinski definition) is 3. The van der Waals surface area contributed by atoms with Gasteiger partial charge >= 0.3 is 6.18 Å². The van der Waals surface area contributed by atoms with Crippen molar-refractivity contribution in [1.82, 2.24) is 16.0 Å². The van der Waals surface area contributed by atoms with Crippen LogP contribution >= 0.6 is 0 Å². The Morgan fingerprint density at radius 3 is 2.17 bits per heavy atom.